The van der Waals surface area contributed by atoms with Gasteiger partial charge in [-0.05, 0) is 64.7 Å². The molecule has 2 aromatic rings. The fourth-order valence-electron chi connectivity index (χ4n) is 4.27. The van der Waals surface area contributed by atoms with Crippen LogP contribution >= 0.6 is 0 Å². The Morgan fingerprint density at radius 3 is 2.30 bits per heavy atom. The third kappa shape index (κ3) is 8.23. The zero-order valence-corrected chi connectivity index (χ0v) is 22.7. The van der Waals surface area contributed by atoms with Crippen LogP contribution in [0.3, 0.4) is 0 Å². The van der Waals surface area contributed by atoms with E-state index in [4.69, 9.17) is 4.74 Å². The molecule has 1 amide bonds. The summed E-state index contributed by atoms with van der Waals surface area (Å²) < 4.78 is 34.1. The van der Waals surface area contributed by atoms with Gasteiger partial charge in [-0.2, -0.15) is 0 Å². The van der Waals surface area contributed by atoms with Crippen LogP contribution in [0.2, 0.25) is 0 Å². The molecular weight excluding hydrogens is 492 g/mol. The number of hydrogen-bond acceptors (Lipinski definition) is 6. The molecule has 0 aliphatic carbocycles. The number of nitrogens with one attached hydrogen (secondary N) is 1. The Hall–Kier alpha value is -3.04. The molecule has 8 nitrogen and oxygen atoms in total. The van der Waals surface area contributed by atoms with Crippen LogP contribution in [0.1, 0.15) is 57.6 Å². The number of amides is 1. The van der Waals surface area contributed by atoms with Crippen molar-refractivity contribution in [1.29, 1.82) is 0 Å². The number of rotatable bonds is 10. The molecular formula is C28H36N2O6S. The maximum atomic E-state index is 13.2. The first-order valence-corrected chi connectivity index (χ1v) is 14.0. The number of likely N-dealkylation sites (tertiary alicyclic amines) is 1. The van der Waals surface area contributed by atoms with Crippen LogP contribution in [0.5, 0.6) is 0 Å². The highest BCUT2D eigenvalue weighted by atomic mass is 32.2. The van der Waals surface area contributed by atoms with Crippen molar-refractivity contribution >= 4 is 27.7 Å². The number of nitrogens with zero attached hydrogens (tertiary/aromatic N) is 1. The molecule has 2 atom stereocenters. The molecule has 0 aromatic heterocycles. The van der Waals surface area contributed by atoms with Crippen LogP contribution < -0.4 is 4.72 Å². The monoisotopic (exact) mass is 528 g/mol. The Morgan fingerprint density at radius 1 is 1.03 bits per heavy atom. The van der Waals surface area contributed by atoms with Gasteiger partial charge in [0.05, 0.1) is 10.9 Å². The standard InChI is InChI=1S/C28H36N2O6S/c1-20-12-14-22(15-13-20)37(34,35)29-23(19-21-9-6-5-7-10-21)25(31)16-17-26(32)30-18-8-11-24(30)27(33)36-28(2,3)4/h5-7,9-10,12-15,23-24,29H,8,11,16-19H2,1-4H3/t23-,24-/m0/s1. The first kappa shape index (κ1) is 28.5. The smallest absolute Gasteiger partial charge is 0.329 e. The summed E-state index contributed by atoms with van der Waals surface area (Å²) in [4.78, 5) is 40.3. The van der Waals surface area contributed by atoms with Gasteiger partial charge in [-0.1, -0.05) is 48.0 Å². The Balaban J connectivity index is 1.70. The fraction of sp³-hybridized carbons (Fsp3) is 0.464. The normalized spacial score (nSPS) is 16.9. The molecule has 0 saturated carbocycles. The minimum Gasteiger partial charge on any atom is -0.458 e. The first-order valence-electron chi connectivity index (χ1n) is 12.5. The van der Waals surface area contributed by atoms with Crippen LogP contribution in [0, 0.1) is 6.92 Å². The van der Waals surface area contributed by atoms with E-state index in [2.05, 4.69) is 4.72 Å². The summed E-state index contributed by atoms with van der Waals surface area (Å²) in [7, 11) is -3.96. The predicted octanol–water partition coefficient (Wildman–Crippen LogP) is 3.57. The molecule has 1 aliphatic heterocycles. The van der Waals surface area contributed by atoms with Gasteiger partial charge in [0.1, 0.15) is 11.6 Å². The van der Waals surface area contributed by atoms with Gasteiger partial charge >= 0.3 is 5.97 Å². The van der Waals surface area contributed by atoms with Gasteiger partial charge < -0.3 is 9.64 Å². The topological polar surface area (TPSA) is 110 Å². The number of hydrogen-bond donors (Lipinski definition) is 1. The second-order valence-electron chi connectivity index (χ2n) is 10.4. The lowest BCUT2D eigenvalue weighted by Gasteiger charge is -2.27. The Bertz CT molecular complexity index is 1200. The number of benzene rings is 2. The largest absolute Gasteiger partial charge is 0.458 e. The first-order chi connectivity index (χ1) is 17.4. The van der Waals surface area contributed by atoms with Gasteiger partial charge in [-0.15, -0.1) is 0 Å². The molecule has 3 rings (SSSR count). The molecule has 9 heteroatoms. The lowest BCUT2D eigenvalue weighted by Crippen LogP contribution is -2.45. The van der Waals surface area contributed by atoms with Crippen LogP contribution in [0.4, 0.5) is 0 Å². The van der Waals surface area contributed by atoms with Gasteiger partial charge in [-0.25, -0.2) is 17.9 Å². The lowest BCUT2D eigenvalue weighted by atomic mass is 10.0. The van der Waals surface area contributed by atoms with Crippen LogP contribution in [0.25, 0.3) is 0 Å². The molecule has 37 heavy (non-hydrogen) atoms. The average Bonchev–Trinajstić information content (AvgIpc) is 3.32. The van der Waals surface area contributed by atoms with E-state index in [1.54, 1.807) is 32.9 Å². The molecule has 2 aromatic carbocycles. The number of ketones is 1. The lowest BCUT2D eigenvalue weighted by molar-refractivity contribution is -0.163. The summed E-state index contributed by atoms with van der Waals surface area (Å²) in [5.74, 6) is -1.15. The third-order valence-corrected chi connectivity index (χ3v) is 7.62. The predicted molar refractivity (Wildman–Crippen MR) is 140 cm³/mol. The number of Topliss-reactive ketones (excluding diaryl/α,β-unsaturated/α-hetero) is 1. The van der Waals surface area contributed by atoms with Crippen molar-refractivity contribution in [3.8, 4) is 0 Å². The van der Waals surface area contributed by atoms with Crippen molar-refractivity contribution in [1.82, 2.24) is 9.62 Å². The summed E-state index contributed by atoms with van der Waals surface area (Å²) >= 11 is 0. The van der Waals surface area contributed by atoms with Crippen molar-refractivity contribution < 1.29 is 27.5 Å². The highest BCUT2D eigenvalue weighted by molar-refractivity contribution is 7.89. The van der Waals surface area contributed by atoms with E-state index in [1.807, 2.05) is 37.3 Å². The summed E-state index contributed by atoms with van der Waals surface area (Å²) in [6.45, 7) is 7.60. The van der Waals surface area contributed by atoms with Crippen LogP contribution in [0.15, 0.2) is 59.5 Å². The number of ether oxygens (including phenoxy) is 1. The summed E-state index contributed by atoms with van der Waals surface area (Å²) in [5, 5.41) is 0. The van der Waals surface area contributed by atoms with Crippen molar-refractivity contribution in [2.24, 2.45) is 0 Å². The summed E-state index contributed by atoms with van der Waals surface area (Å²) in [6, 6.07) is 13.8. The van der Waals surface area contributed by atoms with Gasteiger partial charge in [0.25, 0.3) is 0 Å². The van der Waals surface area contributed by atoms with E-state index in [1.165, 1.54) is 17.0 Å². The quantitative estimate of drug-likeness (QED) is 0.472. The zero-order valence-electron chi connectivity index (χ0n) is 21.9. The minimum absolute atomic E-state index is 0.0670. The number of carbonyl (C=O) groups is 3. The van der Waals surface area contributed by atoms with Crippen molar-refractivity contribution in [3.63, 3.8) is 0 Å². The van der Waals surface area contributed by atoms with E-state index < -0.39 is 33.7 Å². The van der Waals surface area contributed by atoms with Gasteiger partial charge in [0.2, 0.25) is 15.9 Å². The molecule has 0 radical (unpaired) electrons. The molecule has 1 saturated heterocycles. The number of sulfonamides is 1. The average molecular weight is 529 g/mol. The molecule has 200 valence electrons. The van der Waals surface area contributed by atoms with Gasteiger partial charge in [0, 0.05) is 19.4 Å². The number of carbonyl (C=O) groups excluding carboxylic acids is 3. The highest BCUT2D eigenvalue weighted by Gasteiger charge is 2.37. The molecule has 0 spiro atoms. The summed E-state index contributed by atoms with van der Waals surface area (Å²) in [6.07, 6.45) is 1.08. The van der Waals surface area contributed by atoms with Crippen LogP contribution in [-0.4, -0.2) is 55.2 Å². The number of esters is 1. The molecule has 1 fully saturated rings. The van der Waals surface area contributed by atoms with E-state index >= 15 is 0 Å². The maximum Gasteiger partial charge on any atom is 0.329 e. The molecule has 0 unspecified atom stereocenters. The molecule has 1 aliphatic rings. The highest BCUT2D eigenvalue weighted by Crippen LogP contribution is 2.23. The molecule has 0 bridgehead atoms. The van der Waals surface area contributed by atoms with E-state index in [-0.39, 0.29) is 35.8 Å². The van der Waals surface area contributed by atoms with E-state index in [0.717, 1.165) is 11.1 Å². The van der Waals surface area contributed by atoms with Gasteiger partial charge in [0.15, 0.2) is 5.78 Å². The molecule has 1 heterocycles. The second kappa shape index (κ2) is 12.0. The van der Waals surface area contributed by atoms with E-state index in [9.17, 15) is 22.8 Å². The Labute approximate surface area is 219 Å². The minimum atomic E-state index is -3.96. The zero-order chi connectivity index (χ0) is 27.2. The Kier molecular flexibility index (Phi) is 9.26. The van der Waals surface area contributed by atoms with Crippen molar-refractivity contribution in [2.45, 2.75) is 82.4 Å². The SMILES string of the molecule is Cc1ccc(S(=O)(=O)N[C@@H](Cc2ccccc2)C(=O)CCC(=O)N2CCC[C@H]2C(=O)OC(C)(C)C)cc1. The summed E-state index contributed by atoms with van der Waals surface area (Å²) in [5.41, 5.74) is 1.05. The number of aryl methyl sites for hydroxylation is 1. The second-order valence-corrected chi connectivity index (χ2v) is 12.1. The van der Waals surface area contributed by atoms with Crippen molar-refractivity contribution in [3.05, 3.63) is 65.7 Å². The van der Waals surface area contributed by atoms with Gasteiger partial charge in [-0.3, -0.25) is 9.59 Å². The van der Waals surface area contributed by atoms with Crippen LogP contribution in [-0.2, 0) is 35.6 Å². The van der Waals surface area contributed by atoms with E-state index in [0.29, 0.717) is 19.4 Å². The maximum absolute atomic E-state index is 13.2. The fourth-order valence-corrected chi connectivity index (χ4v) is 5.49. The Morgan fingerprint density at radius 2 is 1.68 bits per heavy atom. The molecule has 1 N–H and O–H groups in total. The van der Waals surface area contributed by atoms with Crippen molar-refractivity contribution in [2.75, 3.05) is 6.54 Å². The third-order valence-electron chi connectivity index (χ3n) is 6.14.